The number of nitrogens with one attached hydrogen (secondary N) is 1. The Morgan fingerprint density at radius 2 is 2.07 bits per heavy atom. The first-order chi connectivity index (χ1) is 13.6. The highest BCUT2D eigenvalue weighted by Gasteiger charge is 2.31. The molecule has 4 rings (SSSR count). The quantitative estimate of drug-likeness (QED) is 0.660. The number of aromatic nitrogens is 3. The molecule has 2 unspecified atom stereocenters. The Bertz CT molecular complexity index is 1000. The number of halogens is 1. The second kappa shape index (κ2) is 7.92. The predicted molar refractivity (Wildman–Crippen MR) is 108 cm³/mol. The Labute approximate surface area is 167 Å². The topological polar surface area (TPSA) is 80.2 Å². The first-order valence-electron chi connectivity index (χ1n) is 8.82. The van der Waals surface area contributed by atoms with Crippen molar-refractivity contribution in [2.75, 3.05) is 16.8 Å². The Morgan fingerprint density at radius 1 is 1.21 bits per heavy atom. The molecule has 1 aliphatic rings. The number of ether oxygens (including phenoxy) is 1. The number of nitrogens with zero attached hydrogens (tertiary/aromatic N) is 4. The summed E-state index contributed by atoms with van der Waals surface area (Å²) < 4.78 is 5.59. The average Bonchev–Trinajstić information content (AvgIpc) is 3.09. The molecule has 3 aromatic rings. The van der Waals surface area contributed by atoms with Crippen molar-refractivity contribution in [2.24, 2.45) is 0 Å². The number of carbonyl (C=O) groups excluding carboxylic acids is 1. The van der Waals surface area contributed by atoms with Crippen LogP contribution in [0.2, 0.25) is 5.02 Å². The summed E-state index contributed by atoms with van der Waals surface area (Å²) in [4.78, 5) is 26.4. The number of hydrogen-bond donors (Lipinski definition) is 1. The lowest BCUT2D eigenvalue weighted by Crippen LogP contribution is -2.31. The van der Waals surface area contributed by atoms with E-state index in [2.05, 4.69) is 20.3 Å². The fourth-order valence-corrected chi connectivity index (χ4v) is 3.26. The molecular formula is C20H18ClN5O2. The third kappa shape index (κ3) is 3.95. The summed E-state index contributed by atoms with van der Waals surface area (Å²) in [5, 5.41) is 3.78. The van der Waals surface area contributed by atoms with Crippen LogP contribution in [0, 0.1) is 0 Å². The Hall–Kier alpha value is -3.03. The molecule has 0 aliphatic carbocycles. The van der Waals surface area contributed by atoms with Gasteiger partial charge in [0.1, 0.15) is 5.82 Å². The van der Waals surface area contributed by atoms with E-state index in [-0.39, 0.29) is 6.10 Å². The van der Waals surface area contributed by atoms with Gasteiger partial charge in [-0.05, 0) is 43.3 Å². The molecule has 1 N–H and O–H groups in total. The maximum absolute atomic E-state index is 11.3. The number of carbonyl (C=O) groups is 1. The smallest absolute Gasteiger partial charge is 0.227 e. The zero-order valence-corrected chi connectivity index (χ0v) is 15.9. The molecule has 8 heteroatoms. The first-order valence-corrected chi connectivity index (χ1v) is 9.19. The van der Waals surface area contributed by atoms with Crippen molar-refractivity contribution < 1.29 is 9.53 Å². The second-order valence-corrected chi connectivity index (χ2v) is 6.87. The molecule has 142 valence electrons. The van der Waals surface area contributed by atoms with Crippen LogP contribution in [0.4, 0.5) is 17.5 Å². The number of aldehydes is 1. The van der Waals surface area contributed by atoms with Gasteiger partial charge in [0, 0.05) is 35.2 Å². The van der Waals surface area contributed by atoms with Crippen molar-refractivity contribution in [2.45, 2.75) is 19.3 Å². The number of hydrogen-bond acceptors (Lipinski definition) is 7. The molecular weight excluding hydrogens is 378 g/mol. The van der Waals surface area contributed by atoms with Gasteiger partial charge in [-0.15, -0.1) is 0 Å². The number of anilines is 3. The molecule has 2 aromatic heterocycles. The van der Waals surface area contributed by atoms with Gasteiger partial charge in [-0.25, -0.2) is 15.0 Å². The van der Waals surface area contributed by atoms with Gasteiger partial charge in [-0.2, -0.15) is 0 Å². The van der Waals surface area contributed by atoms with Crippen LogP contribution in [0.15, 0.2) is 54.9 Å². The normalized spacial score (nSPS) is 18.9. The van der Waals surface area contributed by atoms with Crippen molar-refractivity contribution >= 4 is 35.3 Å². The van der Waals surface area contributed by atoms with Crippen LogP contribution in [0.5, 0.6) is 0 Å². The van der Waals surface area contributed by atoms with E-state index >= 15 is 0 Å². The molecule has 3 heterocycles. The minimum atomic E-state index is -0.622. The standard InChI is InChI=1S/C20H18ClN5O2/c1-13-11-26(19(12-27)28-13)18-9-14(5-7-22-18)17-6-8-23-20(25-17)24-16-4-2-3-15(21)10-16/h2-10,12-13,19H,11H2,1H3,(H,23,24,25). The molecule has 2 atom stereocenters. The Kier molecular flexibility index (Phi) is 5.18. The van der Waals surface area contributed by atoms with E-state index in [0.717, 1.165) is 23.2 Å². The van der Waals surface area contributed by atoms with Crippen molar-refractivity contribution in [3.05, 3.63) is 59.9 Å². The van der Waals surface area contributed by atoms with Crippen LogP contribution in [0.25, 0.3) is 11.3 Å². The van der Waals surface area contributed by atoms with Gasteiger partial charge in [0.25, 0.3) is 0 Å². The van der Waals surface area contributed by atoms with Gasteiger partial charge >= 0.3 is 0 Å². The van der Waals surface area contributed by atoms with Crippen LogP contribution in [0.1, 0.15) is 6.92 Å². The summed E-state index contributed by atoms with van der Waals surface area (Å²) in [6.07, 6.45) is 3.51. The zero-order chi connectivity index (χ0) is 19.5. The van der Waals surface area contributed by atoms with E-state index in [1.54, 1.807) is 24.5 Å². The lowest BCUT2D eigenvalue weighted by molar-refractivity contribution is -0.116. The number of rotatable bonds is 5. The van der Waals surface area contributed by atoms with E-state index in [0.29, 0.717) is 23.3 Å². The lowest BCUT2D eigenvalue weighted by atomic mass is 10.2. The fourth-order valence-electron chi connectivity index (χ4n) is 3.07. The molecule has 1 aliphatic heterocycles. The van der Waals surface area contributed by atoms with Gasteiger partial charge in [0.05, 0.1) is 11.8 Å². The molecule has 1 aromatic carbocycles. The van der Waals surface area contributed by atoms with E-state index < -0.39 is 6.23 Å². The molecule has 28 heavy (non-hydrogen) atoms. The van der Waals surface area contributed by atoms with Crippen molar-refractivity contribution in [3.8, 4) is 11.3 Å². The Morgan fingerprint density at radius 3 is 2.89 bits per heavy atom. The third-order valence-corrected chi connectivity index (χ3v) is 4.56. The van der Waals surface area contributed by atoms with Gasteiger partial charge in [-0.3, -0.25) is 4.79 Å². The van der Waals surface area contributed by atoms with Crippen LogP contribution in [-0.4, -0.2) is 40.1 Å². The van der Waals surface area contributed by atoms with Crippen LogP contribution in [0.3, 0.4) is 0 Å². The van der Waals surface area contributed by atoms with E-state index in [9.17, 15) is 4.79 Å². The van der Waals surface area contributed by atoms with E-state index in [4.69, 9.17) is 16.3 Å². The largest absolute Gasteiger partial charge is 0.346 e. The molecule has 1 fully saturated rings. The highest BCUT2D eigenvalue weighted by Crippen LogP contribution is 2.27. The van der Waals surface area contributed by atoms with Crippen LogP contribution in [-0.2, 0) is 9.53 Å². The van der Waals surface area contributed by atoms with Gasteiger partial charge in [0.15, 0.2) is 12.5 Å². The van der Waals surface area contributed by atoms with Crippen molar-refractivity contribution in [3.63, 3.8) is 0 Å². The monoisotopic (exact) mass is 395 g/mol. The third-order valence-electron chi connectivity index (χ3n) is 4.32. The fraction of sp³-hybridized carbons (Fsp3) is 0.200. The zero-order valence-electron chi connectivity index (χ0n) is 15.1. The molecule has 0 amide bonds. The SMILES string of the molecule is CC1CN(c2cc(-c3ccnc(Nc4cccc(Cl)c4)n3)ccn2)C(C=O)O1. The predicted octanol–water partition coefficient (Wildman–Crippen LogP) is 3.69. The molecule has 1 saturated heterocycles. The highest BCUT2D eigenvalue weighted by molar-refractivity contribution is 6.30. The highest BCUT2D eigenvalue weighted by atomic mass is 35.5. The average molecular weight is 396 g/mol. The van der Waals surface area contributed by atoms with Gasteiger partial charge in [0.2, 0.25) is 5.95 Å². The summed E-state index contributed by atoms with van der Waals surface area (Å²) in [6, 6.07) is 12.9. The van der Waals surface area contributed by atoms with E-state index in [1.165, 1.54) is 0 Å². The first kappa shape index (κ1) is 18.3. The summed E-state index contributed by atoms with van der Waals surface area (Å²) in [6.45, 7) is 2.53. The minimum Gasteiger partial charge on any atom is -0.346 e. The molecule has 0 spiro atoms. The molecule has 0 radical (unpaired) electrons. The summed E-state index contributed by atoms with van der Waals surface area (Å²) >= 11 is 6.02. The summed E-state index contributed by atoms with van der Waals surface area (Å²) in [5.41, 5.74) is 2.40. The lowest BCUT2D eigenvalue weighted by Gasteiger charge is -2.20. The number of pyridine rings is 1. The van der Waals surface area contributed by atoms with Crippen molar-refractivity contribution in [1.82, 2.24) is 15.0 Å². The van der Waals surface area contributed by atoms with Crippen LogP contribution < -0.4 is 10.2 Å². The molecule has 7 nitrogen and oxygen atoms in total. The van der Waals surface area contributed by atoms with Crippen molar-refractivity contribution in [1.29, 1.82) is 0 Å². The minimum absolute atomic E-state index is 0.0341. The van der Waals surface area contributed by atoms with Gasteiger partial charge < -0.3 is 15.0 Å². The Balaban J connectivity index is 1.60. The summed E-state index contributed by atoms with van der Waals surface area (Å²) in [7, 11) is 0. The van der Waals surface area contributed by atoms with Crippen LogP contribution >= 0.6 is 11.6 Å². The summed E-state index contributed by atoms with van der Waals surface area (Å²) in [5.74, 6) is 1.13. The molecule has 0 saturated carbocycles. The van der Waals surface area contributed by atoms with E-state index in [1.807, 2.05) is 42.2 Å². The second-order valence-electron chi connectivity index (χ2n) is 6.43. The maximum atomic E-state index is 11.3. The molecule has 0 bridgehead atoms. The maximum Gasteiger partial charge on any atom is 0.227 e. The van der Waals surface area contributed by atoms with Gasteiger partial charge in [-0.1, -0.05) is 17.7 Å². The number of benzene rings is 1.